The molecular weight excluding hydrogens is 623 g/mol. The van der Waals surface area contributed by atoms with Gasteiger partial charge < -0.3 is 31.1 Å². The number of amides is 2. The maximum atomic E-state index is 12.9. The maximum absolute atomic E-state index is 12.9. The van der Waals surface area contributed by atoms with E-state index in [9.17, 15) is 14.2 Å². The molecule has 6 aromatic rings. The van der Waals surface area contributed by atoms with E-state index >= 15 is 0 Å². The zero-order valence-corrected chi connectivity index (χ0v) is 26.6. The third-order valence-electron chi connectivity index (χ3n) is 7.45. The molecule has 0 saturated carbocycles. The third-order valence-corrected chi connectivity index (χ3v) is 8.26. The molecule has 6 rings (SSSR count). The van der Waals surface area contributed by atoms with Gasteiger partial charge in [0.05, 0.1) is 22.7 Å². The summed E-state index contributed by atoms with van der Waals surface area (Å²) in [6.07, 6.45) is 0. The fourth-order valence-electron chi connectivity index (χ4n) is 4.90. The van der Waals surface area contributed by atoms with Crippen LogP contribution in [0.25, 0.3) is 22.3 Å². The van der Waals surface area contributed by atoms with Crippen molar-refractivity contribution in [3.63, 3.8) is 0 Å². The van der Waals surface area contributed by atoms with Crippen LogP contribution in [0.2, 0.25) is 0 Å². The fourth-order valence-corrected chi connectivity index (χ4v) is 5.60. The zero-order chi connectivity index (χ0) is 33.5. The van der Waals surface area contributed by atoms with Crippen molar-refractivity contribution >= 4 is 42.8 Å². The lowest BCUT2D eigenvalue weighted by Gasteiger charge is -2.12. The Morgan fingerprint density at radius 3 is 1.23 bits per heavy atom. The van der Waals surface area contributed by atoms with Crippen molar-refractivity contribution < 1.29 is 23.2 Å². The monoisotopic (exact) mass is 654 g/mol. The van der Waals surface area contributed by atoms with Crippen LogP contribution < -0.4 is 31.1 Å². The van der Waals surface area contributed by atoms with E-state index < -0.39 is 8.25 Å². The summed E-state index contributed by atoms with van der Waals surface area (Å²) >= 11 is 0. The van der Waals surface area contributed by atoms with Crippen LogP contribution in [-0.4, -0.2) is 11.8 Å². The Bertz CT molecular complexity index is 1940. The highest BCUT2D eigenvalue weighted by atomic mass is 31.1. The number of hydrogen-bond donors (Lipinski definition) is 4. The quantitative estimate of drug-likeness (QED) is 0.0855. The fraction of sp³-hybridized carbons (Fsp3) is 0. The van der Waals surface area contributed by atoms with Gasteiger partial charge in [-0.2, -0.15) is 0 Å². The molecule has 2 amide bonds. The lowest BCUT2D eigenvalue weighted by Crippen LogP contribution is -2.13. The smallest absolute Gasteiger partial charge is 0.418 e. The van der Waals surface area contributed by atoms with Gasteiger partial charge in [0.2, 0.25) is 0 Å². The molecule has 48 heavy (non-hydrogen) atoms. The number of hydrogen-bond acceptors (Lipinski definition) is 7. The van der Waals surface area contributed by atoms with E-state index in [1.165, 1.54) is 24.3 Å². The number of nitrogens with one attached hydrogen (secondary N) is 2. The predicted molar refractivity (Wildman–Crippen MR) is 192 cm³/mol. The summed E-state index contributed by atoms with van der Waals surface area (Å²) in [5.74, 6) is -0.212. The molecule has 10 heteroatoms. The van der Waals surface area contributed by atoms with E-state index in [0.29, 0.717) is 33.9 Å². The largest absolute Gasteiger partial charge is 0.418 e. The van der Waals surface area contributed by atoms with E-state index in [1.54, 1.807) is 36.4 Å². The van der Waals surface area contributed by atoms with Gasteiger partial charge in [-0.3, -0.25) is 9.59 Å². The molecule has 0 atom stereocenters. The molecule has 6 aromatic carbocycles. The van der Waals surface area contributed by atoms with Crippen molar-refractivity contribution in [2.45, 2.75) is 0 Å². The highest BCUT2D eigenvalue weighted by molar-refractivity contribution is 7.34. The average molecular weight is 655 g/mol. The molecule has 0 aliphatic rings. The summed E-state index contributed by atoms with van der Waals surface area (Å²) in [5, 5.41) is 5.70. The predicted octanol–water partition coefficient (Wildman–Crippen LogP) is 8.54. The summed E-state index contributed by atoms with van der Waals surface area (Å²) in [6.45, 7) is 0. The molecule has 238 valence electrons. The SMILES string of the molecule is Nc1ccc(-c2ccccc2)cc1NC(=O)c1ccc(O[PH](=O)Oc2ccc(C(=O)Nc3cc(-c4ccccc4)ccc3N)cc2)cc1. The lowest BCUT2D eigenvalue weighted by molar-refractivity contribution is 0.101. The van der Waals surface area contributed by atoms with Crippen molar-refractivity contribution in [1.82, 2.24) is 0 Å². The Morgan fingerprint density at radius 2 is 0.854 bits per heavy atom. The van der Waals surface area contributed by atoms with Crippen LogP contribution in [0.15, 0.2) is 146 Å². The number of carbonyl (C=O) groups excluding carboxylic acids is 2. The highest BCUT2D eigenvalue weighted by Crippen LogP contribution is 2.32. The number of anilines is 4. The molecule has 0 saturated heterocycles. The summed E-state index contributed by atoms with van der Waals surface area (Å²) in [4.78, 5) is 25.9. The first-order valence-electron chi connectivity index (χ1n) is 14.9. The molecule has 0 radical (unpaired) electrons. The second-order valence-electron chi connectivity index (χ2n) is 10.7. The van der Waals surface area contributed by atoms with Gasteiger partial charge in [0.15, 0.2) is 0 Å². The Labute approximate surface area is 278 Å². The van der Waals surface area contributed by atoms with Crippen molar-refractivity contribution in [3.8, 4) is 33.8 Å². The normalized spacial score (nSPS) is 10.7. The van der Waals surface area contributed by atoms with E-state index in [4.69, 9.17) is 20.5 Å². The molecule has 0 unspecified atom stereocenters. The zero-order valence-electron chi connectivity index (χ0n) is 25.6. The minimum Gasteiger partial charge on any atom is -0.418 e. The van der Waals surface area contributed by atoms with Crippen molar-refractivity contribution in [2.24, 2.45) is 0 Å². The molecule has 0 fully saturated rings. The summed E-state index contributed by atoms with van der Waals surface area (Å²) in [7, 11) is -3.01. The van der Waals surface area contributed by atoms with Crippen LogP contribution >= 0.6 is 8.25 Å². The number of rotatable bonds is 10. The second kappa shape index (κ2) is 14.4. The van der Waals surface area contributed by atoms with E-state index in [0.717, 1.165) is 22.3 Å². The maximum Gasteiger partial charge on any atom is 0.418 e. The van der Waals surface area contributed by atoms with Gasteiger partial charge in [-0.05, 0) is 95.1 Å². The van der Waals surface area contributed by atoms with E-state index in [2.05, 4.69) is 10.6 Å². The van der Waals surface area contributed by atoms with Crippen LogP contribution in [0.4, 0.5) is 22.7 Å². The molecule has 0 aliphatic heterocycles. The Balaban J connectivity index is 1.03. The van der Waals surface area contributed by atoms with E-state index in [-0.39, 0.29) is 23.3 Å². The van der Waals surface area contributed by atoms with Crippen LogP contribution in [-0.2, 0) is 4.57 Å². The van der Waals surface area contributed by atoms with Crippen molar-refractivity contribution in [1.29, 1.82) is 0 Å². The van der Waals surface area contributed by atoms with Crippen LogP contribution in [0.3, 0.4) is 0 Å². The second-order valence-corrected chi connectivity index (χ2v) is 11.7. The third kappa shape index (κ3) is 7.73. The Hall–Kier alpha value is -6.31. The minimum atomic E-state index is -3.01. The summed E-state index contributed by atoms with van der Waals surface area (Å²) < 4.78 is 23.5. The molecule has 0 aromatic heterocycles. The molecule has 0 spiro atoms. The van der Waals surface area contributed by atoms with Gasteiger partial charge in [-0.15, -0.1) is 0 Å². The molecule has 0 aliphatic carbocycles. The van der Waals surface area contributed by atoms with Crippen molar-refractivity contribution in [3.05, 3.63) is 157 Å². The van der Waals surface area contributed by atoms with Gasteiger partial charge in [-0.25, -0.2) is 4.57 Å². The topological polar surface area (TPSA) is 146 Å². The van der Waals surface area contributed by atoms with Gasteiger partial charge >= 0.3 is 8.25 Å². The molecule has 0 heterocycles. The molecule has 9 nitrogen and oxygen atoms in total. The van der Waals surface area contributed by atoms with Gasteiger partial charge in [0.1, 0.15) is 11.5 Å². The van der Waals surface area contributed by atoms with Gasteiger partial charge in [0, 0.05) is 11.1 Å². The highest BCUT2D eigenvalue weighted by Gasteiger charge is 2.13. The lowest BCUT2D eigenvalue weighted by atomic mass is 10.0. The summed E-state index contributed by atoms with van der Waals surface area (Å²) in [5.41, 5.74) is 18.6. The van der Waals surface area contributed by atoms with Crippen LogP contribution in [0.5, 0.6) is 11.5 Å². The minimum absolute atomic E-state index is 0.257. The van der Waals surface area contributed by atoms with Crippen LogP contribution in [0, 0.1) is 0 Å². The summed E-state index contributed by atoms with van der Waals surface area (Å²) in [6, 6.07) is 42.8. The number of nitrogens with two attached hydrogens (primary N) is 2. The Morgan fingerprint density at radius 1 is 0.479 bits per heavy atom. The van der Waals surface area contributed by atoms with E-state index in [1.807, 2.05) is 84.9 Å². The Kier molecular flexibility index (Phi) is 9.51. The van der Waals surface area contributed by atoms with Crippen molar-refractivity contribution in [2.75, 3.05) is 22.1 Å². The van der Waals surface area contributed by atoms with Crippen LogP contribution in [0.1, 0.15) is 20.7 Å². The van der Waals surface area contributed by atoms with Gasteiger partial charge in [0.25, 0.3) is 11.8 Å². The first-order valence-corrected chi connectivity index (χ1v) is 16.2. The molecular formula is C38H31N4O5P. The first kappa shape index (κ1) is 31.7. The molecule has 6 N–H and O–H groups in total. The number of benzene rings is 6. The van der Waals surface area contributed by atoms with Gasteiger partial charge in [-0.1, -0.05) is 72.8 Å². The first-order chi connectivity index (χ1) is 23.3. The molecule has 0 bridgehead atoms. The number of carbonyl (C=O) groups is 2. The standard InChI is InChI=1S/C38H31N4O5P/c39-33-21-15-29(25-7-3-1-4-8-25)23-35(33)41-37(43)27-11-17-31(18-12-27)46-48(45)47-32-19-13-28(14-20-32)38(44)42-36-24-30(16-22-34(36)40)26-9-5-2-6-10-26/h1-24,48H,39-40H2,(H,41,43)(H,42,44). The average Bonchev–Trinajstić information content (AvgIpc) is 3.11. The number of nitrogen functional groups attached to an aromatic ring is 2.